The van der Waals surface area contributed by atoms with Crippen molar-refractivity contribution in [3.05, 3.63) is 41.8 Å². The lowest BCUT2D eigenvalue weighted by atomic mass is 10.4. The first-order valence-corrected chi connectivity index (χ1v) is 7.88. The normalized spacial score (nSPS) is 23.4. The van der Waals surface area contributed by atoms with Gasteiger partial charge in [0.1, 0.15) is 0 Å². The molecule has 1 aliphatic heterocycles. The van der Waals surface area contributed by atoms with Crippen LogP contribution in [-0.2, 0) is 19.7 Å². The van der Waals surface area contributed by atoms with E-state index in [0.29, 0.717) is 0 Å². The summed E-state index contributed by atoms with van der Waals surface area (Å²) in [4.78, 5) is 0.154. The molecule has 0 aliphatic carbocycles. The highest BCUT2D eigenvalue weighted by atomic mass is 32.2. The van der Waals surface area contributed by atoms with Crippen LogP contribution >= 0.6 is 0 Å². The molecule has 1 atom stereocenters. The van der Waals surface area contributed by atoms with Crippen molar-refractivity contribution in [3.8, 4) is 0 Å². The van der Waals surface area contributed by atoms with Crippen molar-refractivity contribution in [2.24, 2.45) is 0 Å². The van der Waals surface area contributed by atoms with Gasteiger partial charge in [0, 0.05) is 5.41 Å². The highest BCUT2D eigenvalue weighted by Gasteiger charge is 2.33. The largest absolute Gasteiger partial charge is 0.224 e. The SMILES string of the molecule is O=S1(=O)C=CC(S(=O)(=O)c2ccccc2)C1. The molecule has 1 unspecified atom stereocenters. The maximum Gasteiger partial charge on any atom is 0.185 e. The van der Waals surface area contributed by atoms with E-state index in [9.17, 15) is 16.8 Å². The molecular weight excluding hydrogens is 248 g/mol. The lowest BCUT2D eigenvalue weighted by Crippen LogP contribution is -2.22. The lowest BCUT2D eigenvalue weighted by molar-refractivity contribution is 0.587. The van der Waals surface area contributed by atoms with Crippen LogP contribution in [0.1, 0.15) is 0 Å². The third kappa shape index (κ3) is 2.03. The summed E-state index contributed by atoms with van der Waals surface area (Å²) in [6.45, 7) is 0. The van der Waals surface area contributed by atoms with Crippen molar-refractivity contribution >= 4 is 19.7 Å². The van der Waals surface area contributed by atoms with Crippen LogP contribution in [0.3, 0.4) is 0 Å². The molecule has 86 valence electrons. The zero-order valence-corrected chi connectivity index (χ0v) is 9.91. The Labute approximate surface area is 94.4 Å². The van der Waals surface area contributed by atoms with E-state index in [1.54, 1.807) is 18.2 Å². The molecule has 1 aromatic rings. The Morgan fingerprint density at radius 2 is 1.75 bits per heavy atom. The Balaban J connectivity index is 2.40. The minimum absolute atomic E-state index is 0.154. The van der Waals surface area contributed by atoms with Gasteiger partial charge in [-0.2, -0.15) is 0 Å². The fraction of sp³-hybridized carbons (Fsp3) is 0.200. The zero-order valence-electron chi connectivity index (χ0n) is 8.28. The van der Waals surface area contributed by atoms with Gasteiger partial charge < -0.3 is 0 Å². The third-order valence-corrected chi connectivity index (χ3v) is 6.02. The monoisotopic (exact) mass is 258 g/mol. The Morgan fingerprint density at radius 1 is 1.12 bits per heavy atom. The molecule has 0 saturated carbocycles. The van der Waals surface area contributed by atoms with Crippen LogP contribution in [0.15, 0.2) is 46.7 Å². The molecular formula is C10H10O4S2. The van der Waals surface area contributed by atoms with E-state index in [1.807, 2.05) is 0 Å². The smallest absolute Gasteiger partial charge is 0.185 e. The summed E-state index contributed by atoms with van der Waals surface area (Å²) in [6.07, 6.45) is 1.23. The standard InChI is InChI=1S/C10H10O4S2/c11-15(12)7-6-10(8-15)16(13,14)9-4-2-1-3-5-9/h1-7,10H,8H2. The molecule has 0 bridgehead atoms. The molecule has 1 heterocycles. The maximum absolute atomic E-state index is 12.0. The molecule has 0 aromatic heterocycles. The van der Waals surface area contributed by atoms with E-state index in [1.165, 1.54) is 18.2 Å². The second kappa shape index (κ2) is 3.71. The maximum atomic E-state index is 12.0. The molecule has 6 heteroatoms. The van der Waals surface area contributed by atoms with Gasteiger partial charge in [0.2, 0.25) is 0 Å². The van der Waals surface area contributed by atoms with Crippen LogP contribution in [0.5, 0.6) is 0 Å². The Morgan fingerprint density at radius 3 is 2.25 bits per heavy atom. The minimum Gasteiger partial charge on any atom is -0.224 e. The molecule has 4 nitrogen and oxygen atoms in total. The molecule has 1 aliphatic rings. The lowest BCUT2D eigenvalue weighted by Gasteiger charge is -2.08. The summed E-state index contributed by atoms with van der Waals surface area (Å²) >= 11 is 0. The molecule has 0 saturated heterocycles. The number of benzene rings is 1. The van der Waals surface area contributed by atoms with Crippen molar-refractivity contribution in [2.45, 2.75) is 10.1 Å². The van der Waals surface area contributed by atoms with E-state index in [2.05, 4.69) is 0 Å². The summed E-state index contributed by atoms with van der Waals surface area (Å²) in [5.41, 5.74) is 0. The fourth-order valence-corrected chi connectivity index (χ4v) is 5.19. The van der Waals surface area contributed by atoms with Gasteiger partial charge >= 0.3 is 0 Å². The zero-order chi connectivity index (χ0) is 11.8. The predicted molar refractivity (Wildman–Crippen MR) is 60.3 cm³/mol. The van der Waals surface area contributed by atoms with E-state index in [0.717, 1.165) is 5.41 Å². The highest BCUT2D eigenvalue weighted by Crippen LogP contribution is 2.22. The van der Waals surface area contributed by atoms with Gasteiger partial charge in [0.05, 0.1) is 15.9 Å². The number of rotatable bonds is 2. The van der Waals surface area contributed by atoms with E-state index >= 15 is 0 Å². The van der Waals surface area contributed by atoms with Gasteiger partial charge in [-0.1, -0.05) is 24.3 Å². The third-order valence-electron chi connectivity index (χ3n) is 2.37. The van der Waals surface area contributed by atoms with Gasteiger partial charge in [-0.15, -0.1) is 0 Å². The molecule has 1 aromatic carbocycles. The van der Waals surface area contributed by atoms with Crippen LogP contribution in [-0.4, -0.2) is 27.8 Å². The van der Waals surface area contributed by atoms with Crippen molar-refractivity contribution in [3.63, 3.8) is 0 Å². The summed E-state index contributed by atoms with van der Waals surface area (Å²) in [7, 11) is -6.92. The van der Waals surface area contributed by atoms with E-state index in [-0.39, 0.29) is 10.6 Å². The number of sulfone groups is 2. The molecule has 0 N–H and O–H groups in total. The Hall–Kier alpha value is -1.14. The number of hydrogen-bond donors (Lipinski definition) is 0. The van der Waals surface area contributed by atoms with Crippen molar-refractivity contribution in [2.75, 3.05) is 5.75 Å². The average Bonchev–Trinajstić information content (AvgIpc) is 2.61. The molecule has 0 amide bonds. The topological polar surface area (TPSA) is 68.3 Å². The van der Waals surface area contributed by atoms with Crippen LogP contribution in [0.25, 0.3) is 0 Å². The first-order valence-electron chi connectivity index (χ1n) is 4.62. The van der Waals surface area contributed by atoms with Crippen molar-refractivity contribution in [1.82, 2.24) is 0 Å². The van der Waals surface area contributed by atoms with E-state index in [4.69, 9.17) is 0 Å². The summed E-state index contributed by atoms with van der Waals surface area (Å²) in [6, 6.07) is 7.86. The summed E-state index contributed by atoms with van der Waals surface area (Å²) in [5.74, 6) is -0.357. The van der Waals surface area contributed by atoms with Gasteiger partial charge in [-0.3, -0.25) is 0 Å². The van der Waals surface area contributed by atoms with Crippen molar-refractivity contribution < 1.29 is 16.8 Å². The Kier molecular flexibility index (Phi) is 2.63. The second-order valence-corrected chi connectivity index (χ2v) is 7.65. The van der Waals surface area contributed by atoms with Crippen LogP contribution in [0.4, 0.5) is 0 Å². The number of hydrogen-bond acceptors (Lipinski definition) is 4. The summed E-state index contributed by atoms with van der Waals surface area (Å²) < 4.78 is 46.3. The Bertz CT molecular complexity index is 612. The molecule has 0 fully saturated rings. The molecule has 0 radical (unpaired) electrons. The van der Waals surface area contributed by atoms with Gasteiger partial charge in [-0.25, -0.2) is 16.8 Å². The average molecular weight is 258 g/mol. The molecule has 0 spiro atoms. The first kappa shape index (κ1) is 11.3. The van der Waals surface area contributed by atoms with Crippen LogP contribution < -0.4 is 0 Å². The predicted octanol–water partition coefficient (Wildman–Crippen LogP) is 0.771. The van der Waals surface area contributed by atoms with Gasteiger partial charge in [0.25, 0.3) is 0 Å². The highest BCUT2D eigenvalue weighted by molar-refractivity contribution is 7.98. The van der Waals surface area contributed by atoms with Crippen LogP contribution in [0, 0.1) is 0 Å². The second-order valence-electron chi connectivity index (χ2n) is 3.55. The first-order chi connectivity index (χ1) is 7.42. The minimum atomic E-state index is -3.58. The van der Waals surface area contributed by atoms with Crippen LogP contribution in [0.2, 0.25) is 0 Å². The van der Waals surface area contributed by atoms with E-state index < -0.39 is 24.9 Å². The summed E-state index contributed by atoms with van der Waals surface area (Å²) in [5, 5.41) is 0.0120. The quantitative estimate of drug-likeness (QED) is 0.785. The fourth-order valence-electron chi connectivity index (χ4n) is 1.53. The van der Waals surface area contributed by atoms with Crippen molar-refractivity contribution in [1.29, 1.82) is 0 Å². The molecule has 16 heavy (non-hydrogen) atoms. The van der Waals surface area contributed by atoms with Gasteiger partial charge in [-0.05, 0) is 12.1 Å². The van der Waals surface area contributed by atoms with Gasteiger partial charge in [0.15, 0.2) is 19.7 Å². The molecule has 2 rings (SSSR count).